The van der Waals surface area contributed by atoms with Crippen LogP contribution in [0.5, 0.6) is 0 Å². The van der Waals surface area contributed by atoms with Crippen molar-refractivity contribution >= 4 is 28.3 Å². The molecular weight excluding hydrogens is 212 g/mol. The lowest BCUT2D eigenvalue weighted by molar-refractivity contribution is 0.963. The van der Waals surface area contributed by atoms with Crippen molar-refractivity contribution in [2.24, 2.45) is 0 Å². The van der Waals surface area contributed by atoms with E-state index in [4.69, 9.17) is 11.6 Å². The van der Waals surface area contributed by atoms with Crippen molar-refractivity contribution in [3.05, 3.63) is 35.2 Å². The van der Waals surface area contributed by atoms with Gasteiger partial charge in [0, 0.05) is 6.20 Å². The highest BCUT2D eigenvalue weighted by Gasteiger charge is 2.04. The Bertz CT molecular complexity index is 659. The van der Waals surface area contributed by atoms with Gasteiger partial charge in [0.2, 0.25) is 0 Å². The summed E-state index contributed by atoms with van der Waals surface area (Å²) >= 11 is 5.90. The molecule has 0 fully saturated rings. The van der Waals surface area contributed by atoms with E-state index in [0.29, 0.717) is 5.02 Å². The second-order valence-corrected chi connectivity index (χ2v) is 3.76. The van der Waals surface area contributed by atoms with Crippen LogP contribution in [0.4, 0.5) is 0 Å². The quantitative estimate of drug-likeness (QED) is 0.581. The van der Waals surface area contributed by atoms with E-state index in [9.17, 15) is 0 Å². The first-order valence-electron chi connectivity index (χ1n) is 4.52. The van der Waals surface area contributed by atoms with Gasteiger partial charge in [-0.2, -0.15) is 5.10 Å². The molecule has 0 radical (unpaired) electrons. The second-order valence-electron chi connectivity index (χ2n) is 3.32. The number of aryl methyl sites for hydroxylation is 1. The Kier molecular flexibility index (Phi) is 1.67. The van der Waals surface area contributed by atoms with Crippen LogP contribution in [0.1, 0.15) is 5.82 Å². The first-order valence-corrected chi connectivity index (χ1v) is 4.89. The first-order chi connectivity index (χ1) is 7.24. The maximum Gasteiger partial charge on any atom is 0.156 e. The van der Waals surface area contributed by atoms with E-state index >= 15 is 0 Å². The van der Waals surface area contributed by atoms with Gasteiger partial charge in [-0.15, -0.1) is 0 Å². The third-order valence-electron chi connectivity index (χ3n) is 2.22. The molecule has 0 saturated carbocycles. The zero-order valence-corrected chi connectivity index (χ0v) is 8.73. The van der Waals surface area contributed by atoms with Gasteiger partial charge < -0.3 is 0 Å². The van der Waals surface area contributed by atoms with Crippen LogP contribution in [0.3, 0.4) is 0 Å². The molecule has 0 atom stereocenters. The maximum absolute atomic E-state index is 5.90. The highest BCUT2D eigenvalue weighted by molar-refractivity contribution is 6.31. The number of rotatable bonds is 0. The van der Waals surface area contributed by atoms with E-state index in [1.165, 1.54) is 0 Å². The van der Waals surface area contributed by atoms with Crippen molar-refractivity contribution in [1.82, 2.24) is 19.6 Å². The van der Waals surface area contributed by atoms with Gasteiger partial charge in [0.25, 0.3) is 0 Å². The molecular formula is C10H7ClN4. The van der Waals surface area contributed by atoms with Crippen LogP contribution in [-0.2, 0) is 0 Å². The van der Waals surface area contributed by atoms with Gasteiger partial charge in [-0.05, 0) is 25.1 Å². The Hall–Kier alpha value is -1.68. The Morgan fingerprint density at radius 1 is 1.33 bits per heavy atom. The molecule has 0 N–H and O–H groups in total. The summed E-state index contributed by atoms with van der Waals surface area (Å²) in [7, 11) is 0. The summed E-state index contributed by atoms with van der Waals surface area (Å²) in [5.74, 6) is 0.738. The largest absolute Gasteiger partial charge is 0.253 e. The molecule has 4 nitrogen and oxygen atoms in total. The fourth-order valence-electron chi connectivity index (χ4n) is 1.61. The molecule has 0 aliphatic rings. The molecule has 74 valence electrons. The fraction of sp³-hybridized carbons (Fsp3) is 0.100. The Balaban J connectivity index is 2.56. The predicted molar refractivity (Wildman–Crippen MR) is 58.0 cm³/mol. The minimum Gasteiger partial charge on any atom is -0.253 e. The number of fused-ring (bicyclic) bond motifs is 3. The van der Waals surface area contributed by atoms with Crippen molar-refractivity contribution in [3.63, 3.8) is 0 Å². The SMILES string of the molecule is Cc1nc2ccc3ncc(Cl)cc3n2n1. The minimum atomic E-state index is 0.600. The Morgan fingerprint density at radius 2 is 2.20 bits per heavy atom. The summed E-state index contributed by atoms with van der Waals surface area (Å²) in [5.41, 5.74) is 2.54. The number of aromatic nitrogens is 4. The van der Waals surface area contributed by atoms with Crippen LogP contribution in [0.2, 0.25) is 5.02 Å². The lowest BCUT2D eigenvalue weighted by Crippen LogP contribution is -1.91. The van der Waals surface area contributed by atoms with Crippen molar-refractivity contribution in [2.75, 3.05) is 0 Å². The summed E-state index contributed by atoms with van der Waals surface area (Å²) < 4.78 is 1.75. The Morgan fingerprint density at radius 3 is 3.07 bits per heavy atom. The predicted octanol–water partition coefficient (Wildman–Crippen LogP) is 2.24. The molecule has 0 aromatic carbocycles. The number of nitrogens with zero attached hydrogens (tertiary/aromatic N) is 4. The van der Waals surface area contributed by atoms with Crippen LogP contribution in [0, 0.1) is 6.92 Å². The van der Waals surface area contributed by atoms with Crippen LogP contribution in [0.25, 0.3) is 16.7 Å². The molecule has 0 spiro atoms. The van der Waals surface area contributed by atoms with Crippen LogP contribution in [0.15, 0.2) is 24.4 Å². The van der Waals surface area contributed by atoms with E-state index in [0.717, 1.165) is 22.5 Å². The minimum absolute atomic E-state index is 0.600. The van der Waals surface area contributed by atoms with E-state index in [2.05, 4.69) is 15.1 Å². The average molecular weight is 219 g/mol. The molecule has 3 heterocycles. The highest BCUT2D eigenvalue weighted by Crippen LogP contribution is 2.17. The summed E-state index contributed by atoms with van der Waals surface area (Å²) in [5, 5.41) is 4.89. The third kappa shape index (κ3) is 1.26. The molecule has 0 unspecified atom stereocenters. The average Bonchev–Trinajstić information content (AvgIpc) is 2.58. The molecule has 0 aliphatic carbocycles. The van der Waals surface area contributed by atoms with E-state index in [-0.39, 0.29) is 0 Å². The van der Waals surface area contributed by atoms with Gasteiger partial charge in [0.15, 0.2) is 5.65 Å². The normalized spacial score (nSPS) is 11.3. The molecule has 15 heavy (non-hydrogen) atoms. The summed E-state index contributed by atoms with van der Waals surface area (Å²) in [4.78, 5) is 8.49. The molecule has 3 rings (SSSR count). The molecule has 5 heteroatoms. The topological polar surface area (TPSA) is 43.1 Å². The zero-order valence-electron chi connectivity index (χ0n) is 7.98. The third-order valence-corrected chi connectivity index (χ3v) is 2.43. The van der Waals surface area contributed by atoms with Gasteiger partial charge in [0.05, 0.1) is 16.1 Å². The molecule has 0 saturated heterocycles. The summed E-state index contributed by atoms with van der Waals surface area (Å²) in [6.07, 6.45) is 1.62. The van der Waals surface area contributed by atoms with Gasteiger partial charge in [-0.25, -0.2) is 9.50 Å². The number of hydrogen-bond donors (Lipinski definition) is 0. The van der Waals surface area contributed by atoms with Gasteiger partial charge in [-0.3, -0.25) is 4.98 Å². The van der Waals surface area contributed by atoms with E-state index in [1.54, 1.807) is 10.7 Å². The van der Waals surface area contributed by atoms with Gasteiger partial charge in [-0.1, -0.05) is 11.6 Å². The fourth-order valence-corrected chi connectivity index (χ4v) is 1.76. The zero-order chi connectivity index (χ0) is 10.4. The molecule has 0 aliphatic heterocycles. The Labute approximate surface area is 90.5 Å². The number of hydrogen-bond acceptors (Lipinski definition) is 3. The summed E-state index contributed by atoms with van der Waals surface area (Å²) in [6, 6.07) is 5.64. The molecule has 0 amide bonds. The summed E-state index contributed by atoms with van der Waals surface area (Å²) in [6.45, 7) is 1.86. The highest BCUT2D eigenvalue weighted by atomic mass is 35.5. The van der Waals surface area contributed by atoms with Crippen LogP contribution >= 0.6 is 11.6 Å². The molecule has 0 bridgehead atoms. The van der Waals surface area contributed by atoms with Crippen molar-refractivity contribution in [2.45, 2.75) is 6.92 Å². The van der Waals surface area contributed by atoms with Crippen molar-refractivity contribution < 1.29 is 0 Å². The standard InChI is InChI=1S/C10H7ClN4/c1-6-13-10-3-2-8-9(15(10)14-6)4-7(11)5-12-8/h2-5H,1H3. The van der Waals surface area contributed by atoms with Crippen molar-refractivity contribution in [1.29, 1.82) is 0 Å². The first kappa shape index (κ1) is 8.61. The molecule has 3 aromatic rings. The van der Waals surface area contributed by atoms with Gasteiger partial charge in [0.1, 0.15) is 5.82 Å². The van der Waals surface area contributed by atoms with Gasteiger partial charge >= 0.3 is 0 Å². The second kappa shape index (κ2) is 2.90. The van der Waals surface area contributed by atoms with Crippen molar-refractivity contribution in [3.8, 4) is 0 Å². The van der Waals surface area contributed by atoms with E-state index < -0.39 is 0 Å². The van der Waals surface area contributed by atoms with Crippen LogP contribution < -0.4 is 0 Å². The number of halogens is 1. The lowest BCUT2D eigenvalue weighted by Gasteiger charge is -1.99. The smallest absolute Gasteiger partial charge is 0.156 e. The number of pyridine rings is 2. The van der Waals surface area contributed by atoms with Crippen LogP contribution in [-0.4, -0.2) is 19.6 Å². The maximum atomic E-state index is 5.90. The van der Waals surface area contributed by atoms with E-state index in [1.807, 2.05) is 25.1 Å². The lowest BCUT2D eigenvalue weighted by atomic mass is 10.3. The monoisotopic (exact) mass is 218 g/mol. The molecule has 3 aromatic heterocycles.